The minimum Gasteiger partial charge on any atom is -0.389 e. The number of benzene rings is 1. The van der Waals surface area contributed by atoms with E-state index in [-0.39, 0.29) is 11.7 Å². The van der Waals surface area contributed by atoms with Crippen LogP contribution in [0.3, 0.4) is 0 Å². The number of rotatable bonds is 1. The highest BCUT2D eigenvalue weighted by molar-refractivity contribution is 5.86. The van der Waals surface area contributed by atoms with Gasteiger partial charge in [-0.3, -0.25) is 5.10 Å². The lowest BCUT2D eigenvalue weighted by molar-refractivity contribution is 0.0413. The van der Waals surface area contributed by atoms with Crippen LogP contribution in [0.15, 0.2) is 18.2 Å². The zero-order valence-electron chi connectivity index (χ0n) is 10.1. The average Bonchev–Trinajstić information content (AvgIpc) is 2.82. The number of morpholine rings is 1. The van der Waals surface area contributed by atoms with Crippen molar-refractivity contribution in [2.45, 2.75) is 0 Å². The van der Waals surface area contributed by atoms with E-state index >= 15 is 0 Å². The summed E-state index contributed by atoms with van der Waals surface area (Å²) in [5, 5.41) is 7.08. The van der Waals surface area contributed by atoms with Crippen LogP contribution in [-0.4, -0.2) is 47.5 Å². The van der Waals surface area contributed by atoms with E-state index in [1.165, 1.54) is 18.2 Å². The van der Waals surface area contributed by atoms with Crippen molar-refractivity contribution < 1.29 is 18.7 Å². The first-order valence-corrected chi connectivity index (χ1v) is 5.92. The van der Waals surface area contributed by atoms with Crippen molar-refractivity contribution in [2.24, 2.45) is 0 Å². The number of nitrogens with zero attached hydrogens (tertiary/aromatic N) is 2. The van der Waals surface area contributed by atoms with Gasteiger partial charge in [-0.1, -0.05) is 0 Å². The minimum atomic E-state index is -0.471. The van der Waals surface area contributed by atoms with Crippen LogP contribution < -0.4 is 4.74 Å². The summed E-state index contributed by atoms with van der Waals surface area (Å²) in [5.74, 6) is -0.214. The molecule has 1 amide bonds. The second-order valence-corrected chi connectivity index (χ2v) is 4.19. The molecule has 100 valence electrons. The van der Waals surface area contributed by atoms with Crippen molar-refractivity contribution in [1.29, 1.82) is 0 Å². The molecule has 0 saturated carbocycles. The highest BCUT2D eigenvalue weighted by atomic mass is 19.1. The molecule has 0 radical (unpaired) electrons. The number of hydrogen-bond acceptors (Lipinski definition) is 4. The molecule has 0 bridgehead atoms. The van der Waals surface area contributed by atoms with Crippen LogP contribution in [0.2, 0.25) is 0 Å². The number of aromatic nitrogens is 2. The van der Waals surface area contributed by atoms with Crippen molar-refractivity contribution in [3.05, 3.63) is 24.0 Å². The van der Waals surface area contributed by atoms with Crippen molar-refractivity contribution in [2.75, 3.05) is 26.3 Å². The summed E-state index contributed by atoms with van der Waals surface area (Å²) in [6.07, 6.45) is -0.471. The third-order valence-electron chi connectivity index (χ3n) is 2.94. The Labute approximate surface area is 108 Å². The predicted octanol–water partition coefficient (Wildman–Crippen LogP) is 1.53. The molecule has 1 aromatic carbocycles. The zero-order valence-corrected chi connectivity index (χ0v) is 10.1. The molecular formula is C12H12FN3O3. The van der Waals surface area contributed by atoms with Crippen molar-refractivity contribution in [1.82, 2.24) is 15.1 Å². The average molecular weight is 265 g/mol. The van der Waals surface area contributed by atoms with E-state index in [4.69, 9.17) is 9.47 Å². The number of hydrogen-bond donors (Lipinski definition) is 1. The highest BCUT2D eigenvalue weighted by Gasteiger charge is 2.20. The Morgan fingerprint density at radius 3 is 3.00 bits per heavy atom. The van der Waals surface area contributed by atoms with Gasteiger partial charge in [0.15, 0.2) is 0 Å². The molecule has 3 rings (SSSR count). The maximum atomic E-state index is 13.0. The van der Waals surface area contributed by atoms with Gasteiger partial charge in [0.2, 0.25) is 0 Å². The molecule has 0 spiro atoms. The van der Waals surface area contributed by atoms with Gasteiger partial charge in [-0.25, -0.2) is 9.18 Å². The van der Waals surface area contributed by atoms with Gasteiger partial charge in [-0.15, -0.1) is 5.10 Å². The summed E-state index contributed by atoms with van der Waals surface area (Å²) in [7, 11) is 0. The van der Waals surface area contributed by atoms with Gasteiger partial charge in [-0.2, -0.15) is 0 Å². The smallest absolute Gasteiger partial charge is 0.389 e. The number of nitrogens with one attached hydrogen (secondary N) is 1. The van der Waals surface area contributed by atoms with Gasteiger partial charge in [0, 0.05) is 13.1 Å². The first-order chi connectivity index (χ1) is 9.24. The Morgan fingerprint density at radius 1 is 1.42 bits per heavy atom. The minimum absolute atomic E-state index is 0.159. The molecule has 1 fully saturated rings. The van der Waals surface area contributed by atoms with Crippen LogP contribution in [0.1, 0.15) is 0 Å². The van der Waals surface area contributed by atoms with E-state index in [1.807, 2.05) is 0 Å². The third kappa shape index (κ3) is 2.37. The number of ether oxygens (including phenoxy) is 2. The molecule has 1 N–H and O–H groups in total. The van der Waals surface area contributed by atoms with Gasteiger partial charge in [0.05, 0.1) is 24.1 Å². The van der Waals surface area contributed by atoms with E-state index in [2.05, 4.69) is 10.2 Å². The van der Waals surface area contributed by atoms with Crippen LogP contribution in [-0.2, 0) is 4.74 Å². The first kappa shape index (κ1) is 11.9. The molecule has 0 unspecified atom stereocenters. The van der Waals surface area contributed by atoms with Crippen LogP contribution in [0.5, 0.6) is 5.88 Å². The van der Waals surface area contributed by atoms with Gasteiger partial charge in [-0.05, 0) is 18.2 Å². The summed E-state index contributed by atoms with van der Waals surface area (Å²) in [4.78, 5) is 13.4. The number of aromatic amines is 1. The SMILES string of the molecule is O=C(Oc1n[nH]c2cc(F)ccc12)N1CCOCC1. The maximum absolute atomic E-state index is 13.0. The van der Waals surface area contributed by atoms with Crippen molar-refractivity contribution in [3.63, 3.8) is 0 Å². The van der Waals surface area contributed by atoms with E-state index in [1.54, 1.807) is 4.90 Å². The Morgan fingerprint density at radius 2 is 2.21 bits per heavy atom. The molecule has 0 atom stereocenters. The lowest BCUT2D eigenvalue weighted by Gasteiger charge is -2.25. The quantitative estimate of drug-likeness (QED) is 0.849. The molecule has 7 heteroatoms. The second kappa shape index (κ2) is 4.85. The fourth-order valence-corrected chi connectivity index (χ4v) is 1.94. The summed E-state index contributed by atoms with van der Waals surface area (Å²) in [6.45, 7) is 1.99. The molecule has 1 aliphatic heterocycles. The number of amides is 1. The van der Waals surface area contributed by atoms with Gasteiger partial charge in [0.1, 0.15) is 5.82 Å². The highest BCUT2D eigenvalue weighted by Crippen LogP contribution is 2.23. The number of fused-ring (bicyclic) bond motifs is 1. The Hall–Kier alpha value is -2.15. The van der Waals surface area contributed by atoms with Crippen LogP contribution in [0.4, 0.5) is 9.18 Å². The number of halogens is 1. The Bertz CT molecular complexity index is 607. The van der Waals surface area contributed by atoms with Gasteiger partial charge < -0.3 is 14.4 Å². The molecule has 19 heavy (non-hydrogen) atoms. The lowest BCUT2D eigenvalue weighted by atomic mass is 10.2. The predicted molar refractivity (Wildman–Crippen MR) is 64.5 cm³/mol. The number of H-pyrrole nitrogens is 1. The Kier molecular flexibility index (Phi) is 3.04. The third-order valence-corrected chi connectivity index (χ3v) is 2.94. The fraction of sp³-hybridized carbons (Fsp3) is 0.333. The lowest BCUT2D eigenvalue weighted by Crippen LogP contribution is -2.42. The number of carbonyl (C=O) groups excluding carboxylic acids is 1. The molecule has 1 saturated heterocycles. The van der Waals surface area contributed by atoms with Gasteiger partial charge in [0.25, 0.3) is 5.88 Å². The molecular weight excluding hydrogens is 253 g/mol. The largest absolute Gasteiger partial charge is 0.416 e. The maximum Gasteiger partial charge on any atom is 0.416 e. The van der Waals surface area contributed by atoms with E-state index in [9.17, 15) is 9.18 Å². The summed E-state index contributed by atoms with van der Waals surface area (Å²) >= 11 is 0. The molecule has 6 nitrogen and oxygen atoms in total. The second-order valence-electron chi connectivity index (χ2n) is 4.19. The molecule has 1 aliphatic rings. The monoisotopic (exact) mass is 265 g/mol. The fourth-order valence-electron chi connectivity index (χ4n) is 1.94. The Balaban J connectivity index is 1.79. The van der Waals surface area contributed by atoms with Crippen LogP contribution in [0, 0.1) is 5.82 Å². The zero-order chi connectivity index (χ0) is 13.2. The standard InChI is InChI=1S/C12H12FN3O3/c13-8-1-2-9-10(7-8)14-15-11(9)19-12(17)16-3-5-18-6-4-16/h1-2,7H,3-6H2,(H,14,15). The summed E-state index contributed by atoms with van der Waals surface area (Å²) < 4.78 is 23.4. The molecule has 2 aromatic rings. The normalized spacial score (nSPS) is 15.7. The summed E-state index contributed by atoms with van der Waals surface area (Å²) in [6, 6.07) is 4.12. The molecule has 1 aromatic heterocycles. The van der Waals surface area contributed by atoms with E-state index < -0.39 is 6.09 Å². The van der Waals surface area contributed by atoms with Crippen molar-refractivity contribution in [3.8, 4) is 5.88 Å². The van der Waals surface area contributed by atoms with Crippen LogP contribution in [0.25, 0.3) is 10.9 Å². The van der Waals surface area contributed by atoms with E-state index in [0.29, 0.717) is 37.2 Å². The topological polar surface area (TPSA) is 67.5 Å². The van der Waals surface area contributed by atoms with Crippen LogP contribution >= 0.6 is 0 Å². The molecule has 2 heterocycles. The first-order valence-electron chi connectivity index (χ1n) is 5.92. The van der Waals surface area contributed by atoms with Gasteiger partial charge >= 0.3 is 6.09 Å². The van der Waals surface area contributed by atoms with Crippen molar-refractivity contribution >= 4 is 17.0 Å². The van der Waals surface area contributed by atoms with E-state index in [0.717, 1.165) is 0 Å². The molecule has 0 aliphatic carbocycles. The summed E-state index contributed by atoms with van der Waals surface area (Å²) in [5.41, 5.74) is 0.491. The number of carbonyl (C=O) groups is 1.